The fourth-order valence-corrected chi connectivity index (χ4v) is 1.97. The fraction of sp³-hybridized carbons (Fsp3) is 0.727. The molecule has 1 aliphatic carbocycles. The second-order valence-electron chi connectivity index (χ2n) is 4.66. The van der Waals surface area contributed by atoms with Crippen LogP contribution < -0.4 is 0 Å². The molecule has 1 N–H and O–H groups in total. The molecule has 16 heavy (non-hydrogen) atoms. The van der Waals surface area contributed by atoms with Crippen molar-refractivity contribution >= 4 is 11.6 Å². The fourth-order valence-electron chi connectivity index (χ4n) is 1.83. The van der Waals surface area contributed by atoms with Crippen LogP contribution in [0.1, 0.15) is 18.7 Å². The lowest BCUT2D eigenvalue weighted by molar-refractivity contribution is 0.103. The van der Waals surface area contributed by atoms with Gasteiger partial charge in [0.25, 0.3) is 0 Å². The van der Waals surface area contributed by atoms with E-state index >= 15 is 0 Å². The molecule has 1 atom stereocenters. The van der Waals surface area contributed by atoms with Gasteiger partial charge in [-0.3, -0.25) is 4.90 Å². The van der Waals surface area contributed by atoms with Crippen LogP contribution in [0.4, 0.5) is 0 Å². The summed E-state index contributed by atoms with van der Waals surface area (Å²) in [5, 5.41) is 10.5. The smallest absolute Gasteiger partial charge is 0.128 e. The van der Waals surface area contributed by atoms with Crippen molar-refractivity contribution in [2.24, 2.45) is 13.0 Å². The molecule has 1 heterocycles. The highest BCUT2D eigenvalue weighted by Gasteiger charge is 2.30. The molecule has 1 unspecified atom stereocenters. The molecular weight excluding hydrogens is 226 g/mol. The number of aliphatic hydroxyl groups excluding tert-OH is 1. The predicted octanol–water partition coefficient (Wildman–Crippen LogP) is 1.28. The van der Waals surface area contributed by atoms with Gasteiger partial charge in [0.15, 0.2) is 0 Å². The number of aliphatic hydroxyl groups is 1. The molecule has 0 saturated heterocycles. The third-order valence-corrected chi connectivity index (χ3v) is 3.46. The van der Waals surface area contributed by atoms with E-state index in [-0.39, 0.29) is 6.10 Å². The van der Waals surface area contributed by atoms with Crippen molar-refractivity contribution in [1.29, 1.82) is 0 Å². The van der Waals surface area contributed by atoms with Gasteiger partial charge in [0, 0.05) is 13.6 Å². The molecule has 0 aliphatic heterocycles. The van der Waals surface area contributed by atoms with Crippen molar-refractivity contribution < 1.29 is 5.11 Å². The van der Waals surface area contributed by atoms with Crippen LogP contribution in [-0.2, 0) is 13.6 Å². The Morgan fingerprint density at radius 3 is 2.88 bits per heavy atom. The maximum Gasteiger partial charge on any atom is 0.128 e. The van der Waals surface area contributed by atoms with Crippen molar-refractivity contribution in [3.05, 3.63) is 17.2 Å². The Balaban J connectivity index is 1.86. The molecule has 0 aromatic carbocycles. The average Bonchev–Trinajstić information content (AvgIpc) is 3.02. The number of aromatic nitrogens is 2. The largest absolute Gasteiger partial charge is 0.392 e. The summed E-state index contributed by atoms with van der Waals surface area (Å²) in [6, 6.07) is 0. The molecule has 1 aliphatic rings. The number of rotatable bonds is 5. The molecule has 90 valence electrons. The van der Waals surface area contributed by atoms with Gasteiger partial charge < -0.3 is 9.67 Å². The maximum atomic E-state index is 9.82. The predicted molar refractivity (Wildman–Crippen MR) is 63.3 cm³/mol. The van der Waals surface area contributed by atoms with Crippen LogP contribution in [0.15, 0.2) is 6.20 Å². The summed E-state index contributed by atoms with van der Waals surface area (Å²) in [7, 11) is 3.89. The first-order valence-electron chi connectivity index (χ1n) is 5.60. The minimum atomic E-state index is -0.194. The maximum absolute atomic E-state index is 9.82. The Morgan fingerprint density at radius 1 is 1.69 bits per heavy atom. The molecular formula is C11H18ClN3O. The zero-order valence-electron chi connectivity index (χ0n) is 9.73. The summed E-state index contributed by atoms with van der Waals surface area (Å²) in [6.07, 6.45) is 3.80. The lowest BCUT2D eigenvalue weighted by Gasteiger charge is -2.19. The van der Waals surface area contributed by atoms with E-state index in [2.05, 4.69) is 9.88 Å². The molecule has 1 fully saturated rings. The molecule has 0 bridgehead atoms. The Morgan fingerprint density at radius 2 is 2.38 bits per heavy atom. The minimum Gasteiger partial charge on any atom is -0.392 e. The SMILES string of the molecule is CN(Cc1ncc(Cl)n1C)CC(O)C1CC1. The first-order valence-corrected chi connectivity index (χ1v) is 5.98. The van der Waals surface area contributed by atoms with Crippen molar-refractivity contribution in [2.45, 2.75) is 25.5 Å². The lowest BCUT2D eigenvalue weighted by atomic mass is 10.2. The molecule has 0 amide bonds. The molecule has 4 nitrogen and oxygen atoms in total. The monoisotopic (exact) mass is 243 g/mol. The first-order chi connectivity index (χ1) is 7.58. The van der Waals surface area contributed by atoms with E-state index < -0.39 is 0 Å². The molecule has 5 heteroatoms. The lowest BCUT2D eigenvalue weighted by Crippen LogP contribution is -2.30. The zero-order chi connectivity index (χ0) is 11.7. The topological polar surface area (TPSA) is 41.3 Å². The summed E-state index contributed by atoms with van der Waals surface area (Å²) in [6.45, 7) is 1.42. The van der Waals surface area contributed by atoms with Crippen LogP contribution in [-0.4, -0.2) is 39.3 Å². The van der Waals surface area contributed by atoms with Crippen LogP contribution in [0.25, 0.3) is 0 Å². The summed E-state index contributed by atoms with van der Waals surface area (Å²) < 4.78 is 1.86. The van der Waals surface area contributed by atoms with Gasteiger partial charge in [0.05, 0.1) is 18.8 Å². The number of likely N-dealkylation sites (N-methyl/N-ethyl adjacent to an activating group) is 1. The van der Waals surface area contributed by atoms with Gasteiger partial charge in [-0.25, -0.2) is 4.98 Å². The highest BCUT2D eigenvalue weighted by molar-refractivity contribution is 6.29. The van der Waals surface area contributed by atoms with Crippen LogP contribution >= 0.6 is 11.6 Å². The van der Waals surface area contributed by atoms with Gasteiger partial charge in [-0.15, -0.1) is 0 Å². The normalized spacial score (nSPS) is 18.1. The van der Waals surface area contributed by atoms with Crippen molar-refractivity contribution in [2.75, 3.05) is 13.6 Å². The summed E-state index contributed by atoms with van der Waals surface area (Å²) in [5.41, 5.74) is 0. The van der Waals surface area contributed by atoms with Crippen molar-refractivity contribution in [1.82, 2.24) is 14.5 Å². The number of halogens is 1. The van der Waals surface area contributed by atoms with Gasteiger partial charge >= 0.3 is 0 Å². The van der Waals surface area contributed by atoms with Gasteiger partial charge in [-0.05, 0) is 25.8 Å². The third-order valence-electron chi connectivity index (χ3n) is 3.10. The van der Waals surface area contributed by atoms with Crippen LogP contribution in [0.5, 0.6) is 0 Å². The van der Waals surface area contributed by atoms with Crippen LogP contribution in [0.2, 0.25) is 5.15 Å². The van der Waals surface area contributed by atoms with Crippen LogP contribution in [0, 0.1) is 5.92 Å². The molecule has 1 saturated carbocycles. The molecule has 0 spiro atoms. The van der Waals surface area contributed by atoms with E-state index in [0.29, 0.717) is 24.2 Å². The van der Waals surface area contributed by atoms with E-state index in [9.17, 15) is 5.11 Å². The Labute approximate surface area is 101 Å². The van der Waals surface area contributed by atoms with Gasteiger partial charge in [-0.2, -0.15) is 0 Å². The Bertz CT molecular complexity index is 362. The average molecular weight is 244 g/mol. The first kappa shape index (κ1) is 11.9. The standard InChI is InChI=1S/C11H18ClN3O/c1-14(6-9(16)8-3-4-8)7-11-13-5-10(12)15(11)2/h5,8-9,16H,3-4,6-7H2,1-2H3. The Hall–Kier alpha value is -0.580. The van der Waals surface area contributed by atoms with Crippen LogP contribution in [0.3, 0.4) is 0 Å². The molecule has 1 aromatic heterocycles. The number of hydrogen-bond donors (Lipinski definition) is 1. The third kappa shape index (κ3) is 2.75. The second-order valence-corrected chi connectivity index (χ2v) is 5.04. The quantitative estimate of drug-likeness (QED) is 0.847. The number of imidazole rings is 1. The van der Waals surface area contributed by atoms with Crippen molar-refractivity contribution in [3.63, 3.8) is 0 Å². The molecule has 2 rings (SSSR count). The Kier molecular flexibility index (Phi) is 3.52. The molecule has 1 aromatic rings. The summed E-state index contributed by atoms with van der Waals surface area (Å²) in [5.74, 6) is 1.45. The zero-order valence-corrected chi connectivity index (χ0v) is 10.5. The highest BCUT2D eigenvalue weighted by Crippen LogP contribution is 2.32. The highest BCUT2D eigenvalue weighted by atomic mass is 35.5. The van der Waals surface area contributed by atoms with Gasteiger partial charge in [0.1, 0.15) is 11.0 Å². The van der Waals surface area contributed by atoms with Gasteiger partial charge in [0.2, 0.25) is 0 Å². The van der Waals surface area contributed by atoms with Gasteiger partial charge in [-0.1, -0.05) is 11.6 Å². The summed E-state index contributed by atoms with van der Waals surface area (Å²) in [4.78, 5) is 6.32. The second kappa shape index (κ2) is 4.73. The number of nitrogens with zero attached hydrogens (tertiary/aromatic N) is 3. The van der Waals surface area contributed by atoms with E-state index in [4.69, 9.17) is 11.6 Å². The van der Waals surface area contributed by atoms with E-state index in [1.165, 1.54) is 12.8 Å². The van der Waals surface area contributed by atoms with Crippen molar-refractivity contribution in [3.8, 4) is 0 Å². The molecule has 0 radical (unpaired) electrons. The van der Waals surface area contributed by atoms with E-state index in [0.717, 1.165) is 5.82 Å². The number of hydrogen-bond acceptors (Lipinski definition) is 3. The van der Waals surface area contributed by atoms with E-state index in [1.807, 2.05) is 18.7 Å². The minimum absolute atomic E-state index is 0.194. The summed E-state index contributed by atoms with van der Waals surface area (Å²) >= 11 is 5.91. The van der Waals surface area contributed by atoms with E-state index in [1.54, 1.807) is 6.20 Å².